The van der Waals surface area contributed by atoms with Crippen LogP contribution in [-0.2, 0) is 0 Å². The Hall–Kier alpha value is -1.17. The SMILES string of the molecule is NCCCN(c1cccc(F)c1)c1ncc(Cl)cc1Br. The second-order valence-electron chi connectivity index (χ2n) is 4.23. The van der Waals surface area contributed by atoms with Crippen molar-refractivity contribution < 1.29 is 4.39 Å². The lowest BCUT2D eigenvalue weighted by molar-refractivity contribution is 0.627. The summed E-state index contributed by atoms with van der Waals surface area (Å²) in [5.41, 5.74) is 6.30. The lowest BCUT2D eigenvalue weighted by atomic mass is 10.2. The molecule has 6 heteroatoms. The predicted molar refractivity (Wildman–Crippen MR) is 84.0 cm³/mol. The Morgan fingerprint density at radius 3 is 2.80 bits per heavy atom. The summed E-state index contributed by atoms with van der Waals surface area (Å²) in [5, 5.41) is 0.540. The lowest BCUT2D eigenvalue weighted by Crippen LogP contribution is -2.22. The van der Waals surface area contributed by atoms with Crippen LogP contribution >= 0.6 is 27.5 Å². The zero-order chi connectivity index (χ0) is 14.5. The molecule has 106 valence electrons. The summed E-state index contributed by atoms with van der Waals surface area (Å²) in [6, 6.07) is 8.15. The molecule has 0 spiro atoms. The minimum Gasteiger partial charge on any atom is -0.330 e. The minimum atomic E-state index is -0.287. The Bertz CT molecular complexity index is 594. The quantitative estimate of drug-likeness (QED) is 0.874. The molecule has 0 radical (unpaired) electrons. The Balaban J connectivity index is 2.41. The maximum Gasteiger partial charge on any atom is 0.147 e. The molecule has 1 aromatic heterocycles. The van der Waals surface area contributed by atoms with Crippen molar-refractivity contribution in [3.63, 3.8) is 0 Å². The summed E-state index contributed by atoms with van der Waals surface area (Å²) < 4.78 is 14.2. The average Bonchev–Trinajstić information content (AvgIpc) is 2.41. The maximum atomic E-state index is 13.4. The Kier molecular flexibility index (Phi) is 5.34. The van der Waals surface area contributed by atoms with E-state index in [2.05, 4.69) is 20.9 Å². The molecule has 0 saturated heterocycles. The molecule has 2 N–H and O–H groups in total. The highest BCUT2D eigenvalue weighted by atomic mass is 79.9. The molecule has 0 atom stereocenters. The molecule has 1 aromatic carbocycles. The van der Waals surface area contributed by atoms with Gasteiger partial charge in [-0.15, -0.1) is 0 Å². The van der Waals surface area contributed by atoms with E-state index in [9.17, 15) is 4.39 Å². The zero-order valence-electron chi connectivity index (χ0n) is 10.7. The van der Waals surface area contributed by atoms with Crippen LogP contribution in [0, 0.1) is 5.82 Å². The number of nitrogens with zero attached hydrogens (tertiary/aromatic N) is 2. The molecule has 0 fully saturated rings. The van der Waals surface area contributed by atoms with E-state index in [-0.39, 0.29) is 5.82 Å². The highest BCUT2D eigenvalue weighted by Gasteiger charge is 2.14. The van der Waals surface area contributed by atoms with Crippen LogP contribution in [0.5, 0.6) is 0 Å². The van der Waals surface area contributed by atoms with E-state index in [0.29, 0.717) is 23.9 Å². The molecule has 2 aromatic rings. The molecular weight excluding hydrogens is 345 g/mol. The summed E-state index contributed by atoms with van der Waals surface area (Å²) in [7, 11) is 0. The van der Waals surface area contributed by atoms with Crippen LogP contribution in [0.25, 0.3) is 0 Å². The fourth-order valence-electron chi connectivity index (χ4n) is 1.86. The van der Waals surface area contributed by atoms with Crippen LogP contribution in [0.1, 0.15) is 6.42 Å². The average molecular weight is 359 g/mol. The molecule has 0 aliphatic carbocycles. The van der Waals surface area contributed by atoms with E-state index in [4.69, 9.17) is 17.3 Å². The molecule has 1 heterocycles. The van der Waals surface area contributed by atoms with Crippen LogP contribution in [0.3, 0.4) is 0 Å². The third-order valence-electron chi connectivity index (χ3n) is 2.75. The molecule has 0 aliphatic heterocycles. The first-order valence-electron chi connectivity index (χ1n) is 6.16. The van der Waals surface area contributed by atoms with Gasteiger partial charge in [-0.2, -0.15) is 0 Å². The van der Waals surface area contributed by atoms with Gasteiger partial charge >= 0.3 is 0 Å². The van der Waals surface area contributed by atoms with Crippen molar-refractivity contribution in [3.05, 3.63) is 51.8 Å². The summed E-state index contributed by atoms with van der Waals surface area (Å²) in [6.07, 6.45) is 2.34. The van der Waals surface area contributed by atoms with Crippen LogP contribution in [-0.4, -0.2) is 18.1 Å². The number of rotatable bonds is 5. The summed E-state index contributed by atoms with van der Waals surface area (Å²) in [5.74, 6) is 0.402. The number of hydrogen-bond acceptors (Lipinski definition) is 3. The zero-order valence-corrected chi connectivity index (χ0v) is 13.0. The first kappa shape index (κ1) is 15.2. The highest BCUT2D eigenvalue weighted by Crippen LogP contribution is 2.32. The molecule has 2 rings (SSSR count). The maximum absolute atomic E-state index is 13.4. The first-order chi connectivity index (χ1) is 9.61. The Morgan fingerprint density at radius 2 is 2.15 bits per heavy atom. The van der Waals surface area contributed by atoms with Crippen molar-refractivity contribution in [2.45, 2.75) is 6.42 Å². The molecule has 0 amide bonds. The second kappa shape index (κ2) is 7.02. The number of anilines is 2. The standard InChI is InChI=1S/C14H14BrClFN3/c15-13-7-10(16)9-19-14(13)20(6-2-5-18)12-4-1-3-11(17)8-12/h1,3-4,7-9H,2,5-6,18H2. The number of hydrogen-bond donors (Lipinski definition) is 1. The van der Waals surface area contributed by atoms with E-state index in [1.165, 1.54) is 12.1 Å². The van der Waals surface area contributed by atoms with Gasteiger partial charge in [0, 0.05) is 18.4 Å². The van der Waals surface area contributed by atoms with Crippen LogP contribution in [0.2, 0.25) is 5.02 Å². The summed E-state index contributed by atoms with van der Waals surface area (Å²) in [4.78, 5) is 6.23. The smallest absolute Gasteiger partial charge is 0.147 e. The van der Waals surface area contributed by atoms with Crippen molar-refractivity contribution in [2.24, 2.45) is 5.73 Å². The van der Waals surface area contributed by atoms with Gasteiger partial charge in [-0.25, -0.2) is 9.37 Å². The van der Waals surface area contributed by atoms with E-state index in [0.717, 1.165) is 16.6 Å². The van der Waals surface area contributed by atoms with E-state index in [1.54, 1.807) is 18.3 Å². The van der Waals surface area contributed by atoms with Gasteiger partial charge in [-0.05, 0) is 53.2 Å². The lowest BCUT2D eigenvalue weighted by Gasteiger charge is -2.24. The Labute approximate surface area is 130 Å². The molecule has 0 aliphatic rings. The van der Waals surface area contributed by atoms with Crippen molar-refractivity contribution in [2.75, 3.05) is 18.0 Å². The predicted octanol–water partition coefficient (Wildman–Crippen LogP) is 4.12. The fraction of sp³-hybridized carbons (Fsp3) is 0.214. The van der Waals surface area contributed by atoms with Gasteiger partial charge in [-0.3, -0.25) is 0 Å². The van der Waals surface area contributed by atoms with Crippen molar-refractivity contribution >= 4 is 39.0 Å². The first-order valence-corrected chi connectivity index (χ1v) is 7.33. The van der Waals surface area contributed by atoms with Gasteiger partial charge in [0.05, 0.1) is 9.50 Å². The number of nitrogens with two attached hydrogens (primary N) is 1. The Morgan fingerprint density at radius 1 is 1.35 bits per heavy atom. The van der Waals surface area contributed by atoms with Crippen molar-refractivity contribution in [1.29, 1.82) is 0 Å². The van der Waals surface area contributed by atoms with Gasteiger partial charge < -0.3 is 10.6 Å². The monoisotopic (exact) mass is 357 g/mol. The molecule has 20 heavy (non-hydrogen) atoms. The van der Waals surface area contributed by atoms with Crippen LogP contribution < -0.4 is 10.6 Å². The summed E-state index contributed by atoms with van der Waals surface area (Å²) in [6.45, 7) is 1.20. The largest absolute Gasteiger partial charge is 0.330 e. The van der Waals surface area contributed by atoms with Crippen LogP contribution in [0.4, 0.5) is 15.9 Å². The highest BCUT2D eigenvalue weighted by molar-refractivity contribution is 9.10. The van der Waals surface area contributed by atoms with E-state index < -0.39 is 0 Å². The minimum absolute atomic E-state index is 0.287. The van der Waals surface area contributed by atoms with E-state index in [1.807, 2.05) is 11.0 Å². The topological polar surface area (TPSA) is 42.1 Å². The normalized spacial score (nSPS) is 10.6. The summed E-state index contributed by atoms with van der Waals surface area (Å²) >= 11 is 9.35. The van der Waals surface area contributed by atoms with Crippen molar-refractivity contribution in [3.8, 4) is 0 Å². The molecule has 0 saturated carbocycles. The van der Waals surface area contributed by atoms with Gasteiger partial charge in [0.2, 0.25) is 0 Å². The number of halogens is 3. The van der Waals surface area contributed by atoms with Gasteiger partial charge in [0.1, 0.15) is 11.6 Å². The molecule has 0 bridgehead atoms. The number of pyridine rings is 1. The number of aromatic nitrogens is 1. The van der Waals surface area contributed by atoms with E-state index >= 15 is 0 Å². The second-order valence-corrected chi connectivity index (χ2v) is 5.52. The van der Waals surface area contributed by atoms with Crippen LogP contribution in [0.15, 0.2) is 41.0 Å². The van der Waals surface area contributed by atoms with Gasteiger partial charge in [0.15, 0.2) is 0 Å². The number of benzene rings is 1. The molecule has 0 unspecified atom stereocenters. The fourth-order valence-corrected chi connectivity index (χ4v) is 2.71. The van der Waals surface area contributed by atoms with Gasteiger partial charge in [-0.1, -0.05) is 17.7 Å². The third-order valence-corrected chi connectivity index (χ3v) is 3.54. The van der Waals surface area contributed by atoms with Gasteiger partial charge in [0.25, 0.3) is 0 Å². The molecule has 3 nitrogen and oxygen atoms in total. The molecular formula is C14H14BrClFN3. The van der Waals surface area contributed by atoms with Crippen molar-refractivity contribution in [1.82, 2.24) is 4.98 Å². The third kappa shape index (κ3) is 3.69.